The third-order valence-corrected chi connectivity index (χ3v) is 9.27. The third-order valence-electron chi connectivity index (χ3n) is 7.94. The van der Waals surface area contributed by atoms with E-state index in [4.69, 9.17) is 23.7 Å². The van der Waals surface area contributed by atoms with E-state index < -0.39 is 11.4 Å². The number of ether oxygens (including phenoxy) is 5. The Bertz CT molecular complexity index is 1630. The number of hydrogen-bond donors (Lipinski definition) is 1. The second kappa shape index (κ2) is 15.0. The van der Waals surface area contributed by atoms with Gasteiger partial charge in [-0.15, -0.1) is 11.8 Å². The van der Waals surface area contributed by atoms with Crippen LogP contribution in [-0.2, 0) is 11.2 Å². The van der Waals surface area contributed by atoms with Gasteiger partial charge in [-0.2, -0.15) is 0 Å². The summed E-state index contributed by atoms with van der Waals surface area (Å²) < 4.78 is 27.6. The van der Waals surface area contributed by atoms with Crippen LogP contribution in [0.3, 0.4) is 0 Å². The van der Waals surface area contributed by atoms with Crippen molar-refractivity contribution in [2.45, 2.75) is 23.9 Å². The molecule has 5 rings (SSSR count). The molecule has 1 saturated heterocycles. The van der Waals surface area contributed by atoms with Crippen molar-refractivity contribution in [1.29, 1.82) is 0 Å². The van der Waals surface area contributed by atoms with Crippen LogP contribution in [0.5, 0.6) is 28.7 Å². The van der Waals surface area contributed by atoms with Gasteiger partial charge >= 0.3 is 0 Å². The number of nitrogens with one attached hydrogen (secondary N) is 1. The summed E-state index contributed by atoms with van der Waals surface area (Å²) in [6.45, 7) is 0. The number of hydrogen-bond acceptors (Lipinski definition) is 8. The molecule has 0 spiro atoms. The molecule has 0 radical (unpaired) electrons. The molecule has 0 saturated carbocycles. The number of rotatable bonds is 12. The Labute approximate surface area is 273 Å². The van der Waals surface area contributed by atoms with E-state index in [0.29, 0.717) is 46.5 Å². The first-order valence-corrected chi connectivity index (χ1v) is 15.8. The van der Waals surface area contributed by atoms with Crippen LogP contribution in [0.1, 0.15) is 38.5 Å². The zero-order chi connectivity index (χ0) is 32.6. The van der Waals surface area contributed by atoms with E-state index in [0.717, 1.165) is 16.7 Å². The molecule has 1 aliphatic rings. The van der Waals surface area contributed by atoms with Gasteiger partial charge in [0.05, 0.1) is 41.6 Å². The van der Waals surface area contributed by atoms with E-state index >= 15 is 0 Å². The highest BCUT2D eigenvalue weighted by Gasteiger charge is 2.44. The standard InChI is InChI=1S/C36H38N2O7S/c1-41-29-17-16-25(19-30(29)42-2)36-38(35(40)26-20-31(43-3)33(45-5)32(21-26)44-4)28(22-46-36)34(39)37-27(24-14-10-7-11-15-24)18-23-12-8-6-9-13-23/h6-17,19-21,27-28,36H,18,22H2,1-5H3,(H,37,39). The molecule has 3 atom stereocenters. The van der Waals surface area contributed by atoms with Crippen LogP contribution in [0.4, 0.5) is 0 Å². The largest absolute Gasteiger partial charge is 0.493 e. The van der Waals surface area contributed by atoms with Crippen LogP contribution < -0.4 is 29.0 Å². The number of amides is 2. The van der Waals surface area contributed by atoms with Gasteiger partial charge in [0, 0.05) is 11.3 Å². The Morgan fingerprint density at radius 3 is 1.96 bits per heavy atom. The van der Waals surface area contributed by atoms with E-state index in [2.05, 4.69) is 5.32 Å². The minimum Gasteiger partial charge on any atom is -0.493 e. The summed E-state index contributed by atoms with van der Waals surface area (Å²) in [5.74, 6) is 1.92. The normalized spacial score (nSPS) is 16.3. The predicted octanol–water partition coefficient (Wildman–Crippen LogP) is 6.09. The summed E-state index contributed by atoms with van der Waals surface area (Å²) >= 11 is 1.51. The summed E-state index contributed by atoms with van der Waals surface area (Å²) in [5, 5.41) is 2.78. The van der Waals surface area contributed by atoms with Gasteiger partial charge in [-0.1, -0.05) is 66.7 Å². The van der Waals surface area contributed by atoms with Crippen molar-refractivity contribution >= 4 is 23.6 Å². The average Bonchev–Trinajstić information content (AvgIpc) is 3.56. The van der Waals surface area contributed by atoms with Crippen molar-refractivity contribution in [1.82, 2.24) is 10.2 Å². The Hall–Kier alpha value is -4.83. The van der Waals surface area contributed by atoms with Crippen LogP contribution in [0.25, 0.3) is 0 Å². The summed E-state index contributed by atoms with van der Waals surface area (Å²) in [7, 11) is 7.63. The third kappa shape index (κ3) is 6.87. The van der Waals surface area contributed by atoms with Crippen LogP contribution >= 0.6 is 11.8 Å². The van der Waals surface area contributed by atoms with Crippen LogP contribution in [0.15, 0.2) is 91.0 Å². The van der Waals surface area contributed by atoms with Crippen molar-refractivity contribution < 1.29 is 33.3 Å². The van der Waals surface area contributed by atoms with E-state index in [1.165, 1.54) is 33.1 Å². The highest BCUT2D eigenvalue weighted by Crippen LogP contribution is 2.46. The number of carbonyl (C=O) groups is 2. The number of nitrogens with zero attached hydrogens (tertiary/aromatic N) is 1. The molecule has 0 aliphatic carbocycles. The first-order chi connectivity index (χ1) is 22.4. The van der Waals surface area contributed by atoms with Gasteiger partial charge in [0.15, 0.2) is 23.0 Å². The Balaban J connectivity index is 1.54. The van der Waals surface area contributed by atoms with E-state index in [9.17, 15) is 9.59 Å². The SMILES string of the molecule is COc1ccc(C2SCC(C(=O)NC(Cc3ccccc3)c3ccccc3)N2C(=O)c2cc(OC)c(OC)c(OC)c2)cc1OC. The number of thioether (sulfide) groups is 1. The Morgan fingerprint density at radius 2 is 1.37 bits per heavy atom. The fourth-order valence-corrected chi connectivity index (χ4v) is 7.05. The molecule has 9 nitrogen and oxygen atoms in total. The monoisotopic (exact) mass is 642 g/mol. The lowest BCUT2D eigenvalue weighted by Crippen LogP contribution is -2.49. The zero-order valence-electron chi connectivity index (χ0n) is 26.5. The van der Waals surface area contributed by atoms with Crippen LogP contribution in [-0.4, -0.2) is 64.1 Å². The molecule has 1 N–H and O–H groups in total. The molecule has 1 fully saturated rings. The molecule has 240 valence electrons. The lowest BCUT2D eigenvalue weighted by molar-refractivity contribution is -0.125. The molecule has 4 aromatic carbocycles. The number of methoxy groups -OCH3 is 5. The predicted molar refractivity (Wildman–Crippen MR) is 178 cm³/mol. The number of benzene rings is 4. The average molecular weight is 643 g/mol. The zero-order valence-corrected chi connectivity index (χ0v) is 27.3. The molecule has 1 heterocycles. The fraction of sp³-hybridized carbons (Fsp3) is 0.278. The molecule has 1 aliphatic heterocycles. The fourth-order valence-electron chi connectivity index (χ4n) is 5.63. The molecule has 0 bridgehead atoms. The quantitative estimate of drug-likeness (QED) is 0.199. The second-order valence-electron chi connectivity index (χ2n) is 10.6. The minimum absolute atomic E-state index is 0.249. The summed E-state index contributed by atoms with van der Waals surface area (Å²) in [5.41, 5.74) is 3.15. The van der Waals surface area contributed by atoms with Gasteiger partial charge in [-0.25, -0.2) is 0 Å². The Morgan fingerprint density at radius 1 is 0.761 bits per heavy atom. The highest BCUT2D eigenvalue weighted by molar-refractivity contribution is 7.99. The molecule has 46 heavy (non-hydrogen) atoms. The van der Waals surface area contributed by atoms with Gasteiger partial charge < -0.3 is 33.9 Å². The Kier molecular flexibility index (Phi) is 10.6. The second-order valence-corrected chi connectivity index (χ2v) is 11.7. The van der Waals surface area contributed by atoms with Crippen LogP contribution in [0, 0.1) is 0 Å². The summed E-state index contributed by atoms with van der Waals surface area (Å²) in [6, 6.07) is 27.5. The van der Waals surface area contributed by atoms with E-state index in [1.807, 2.05) is 72.8 Å². The molecular weight excluding hydrogens is 604 g/mol. The number of carbonyl (C=O) groups excluding carboxylic acids is 2. The lowest BCUT2D eigenvalue weighted by Gasteiger charge is -2.31. The maximum absolute atomic E-state index is 14.5. The molecule has 2 amide bonds. The van der Waals surface area contributed by atoms with Gasteiger partial charge in [0.1, 0.15) is 11.4 Å². The van der Waals surface area contributed by atoms with Gasteiger partial charge in [0.2, 0.25) is 11.7 Å². The highest BCUT2D eigenvalue weighted by atomic mass is 32.2. The van der Waals surface area contributed by atoms with E-state index in [1.54, 1.807) is 37.3 Å². The van der Waals surface area contributed by atoms with Crippen molar-refractivity contribution in [3.63, 3.8) is 0 Å². The maximum Gasteiger partial charge on any atom is 0.256 e. The van der Waals surface area contributed by atoms with Gasteiger partial charge in [0.25, 0.3) is 5.91 Å². The lowest BCUT2D eigenvalue weighted by atomic mass is 9.98. The molecule has 10 heteroatoms. The minimum atomic E-state index is -0.781. The van der Waals surface area contributed by atoms with Crippen LogP contribution in [0.2, 0.25) is 0 Å². The first-order valence-electron chi connectivity index (χ1n) is 14.8. The van der Waals surface area contributed by atoms with Crippen molar-refractivity contribution in [3.05, 3.63) is 113 Å². The summed E-state index contributed by atoms with van der Waals surface area (Å²) in [4.78, 5) is 30.4. The van der Waals surface area contributed by atoms with Crippen molar-refractivity contribution in [2.24, 2.45) is 0 Å². The smallest absolute Gasteiger partial charge is 0.256 e. The summed E-state index contributed by atoms with van der Waals surface area (Å²) in [6.07, 6.45) is 0.594. The molecule has 3 unspecified atom stereocenters. The molecular formula is C36H38N2O7S. The van der Waals surface area contributed by atoms with Crippen molar-refractivity contribution in [3.8, 4) is 28.7 Å². The van der Waals surface area contributed by atoms with Crippen molar-refractivity contribution in [2.75, 3.05) is 41.3 Å². The molecule has 4 aromatic rings. The van der Waals surface area contributed by atoms with Gasteiger partial charge in [-0.3, -0.25) is 9.59 Å². The van der Waals surface area contributed by atoms with Gasteiger partial charge in [-0.05, 0) is 47.4 Å². The van der Waals surface area contributed by atoms with E-state index in [-0.39, 0.29) is 17.9 Å². The molecule has 0 aromatic heterocycles. The topological polar surface area (TPSA) is 95.6 Å². The maximum atomic E-state index is 14.5. The first kappa shape index (κ1) is 32.6.